The van der Waals surface area contributed by atoms with Crippen LogP contribution < -0.4 is 10.2 Å². The summed E-state index contributed by atoms with van der Waals surface area (Å²) >= 11 is 0. The summed E-state index contributed by atoms with van der Waals surface area (Å²) < 4.78 is 5.17. The molecule has 1 N–H and O–H groups in total. The number of nitrogens with zero attached hydrogens (tertiary/aromatic N) is 3. The Morgan fingerprint density at radius 3 is 2.40 bits per heavy atom. The van der Waals surface area contributed by atoms with Crippen molar-refractivity contribution in [3.63, 3.8) is 0 Å². The Kier molecular flexibility index (Phi) is 6.95. The molecule has 1 spiro atoms. The van der Waals surface area contributed by atoms with Gasteiger partial charge >= 0.3 is 12.1 Å². The molecule has 3 heterocycles. The highest BCUT2D eigenvalue weighted by molar-refractivity contribution is 5.95. The van der Waals surface area contributed by atoms with Gasteiger partial charge in [0.25, 0.3) is 0 Å². The van der Waals surface area contributed by atoms with E-state index < -0.39 is 0 Å². The second kappa shape index (κ2) is 10.3. The van der Waals surface area contributed by atoms with Crippen molar-refractivity contribution >= 4 is 17.8 Å². The number of hydrogen-bond acceptors (Lipinski definition) is 4. The van der Waals surface area contributed by atoms with E-state index in [0.717, 1.165) is 69.7 Å². The number of nitrogens with one attached hydrogen (secondary N) is 1. The molecule has 35 heavy (non-hydrogen) atoms. The van der Waals surface area contributed by atoms with E-state index in [0.29, 0.717) is 19.2 Å². The standard InChI is InChI=1S/C28H36N4O3.H2/c1-2-35-27(34)31-16-12-23(13-17-31)30-18-14-28(15-19-30)21-32(25-11-7-6-10-24(25)28)26(33)29-20-22-8-4-3-5-9-22;/h3-11,23H,2,12-21H2,1H3,(H,29,33);1H. The van der Waals surface area contributed by atoms with Gasteiger partial charge in [-0.25, -0.2) is 9.59 Å². The summed E-state index contributed by atoms with van der Waals surface area (Å²) in [6, 6.07) is 19.0. The summed E-state index contributed by atoms with van der Waals surface area (Å²) in [5.41, 5.74) is 3.48. The number of piperidine rings is 2. The number of amides is 3. The van der Waals surface area contributed by atoms with E-state index >= 15 is 0 Å². The Labute approximate surface area is 209 Å². The maximum absolute atomic E-state index is 13.2. The third-order valence-corrected chi connectivity index (χ3v) is 8.02. The van der Waals surface area contributed by atoms with Crippen molar-refractivity contribution in [1.29, 1.82) is 0 Å². The molecule has 0 bridgehead atoms. The third kappa shape index (κ3) is 4.87. The molecule has 7 heteroatoms. The molecular formula is C28H38N4O3. The zero-order valence-corrected chi connectivity index (χ0v) is 20.6. The van der Waals surface area contributed by atoms with Crippen LogP contribution in [0, 0.1) is 0 Å². The lowest BCUT2D eigenvalue weighted by Crippen LogP contribution is -2.53. The molecule has 3 aliphatic rings. The molecule has 2 fully saturated rings. The predicted octanol–water partition coefficient (Wildman–Crippen LogP) is 4.62. The van der Waals surface area contributed by atoms with Crippen LogP contribution in [0.15, 0.2) is 54.6 Å². The van der Waals surface area contributed by atoms with Crippen molar-refractivity contribution in [3.8, 4) is 0 Å². The molecule has 0 radical (unpaired) electrons. The second-order valence-corrected chi connectivity index (χ2v) is 9.98. The van der Waals surface area contributed by atoms with E-state index in [1.807, 2.05) is 53.1 Å². The number of likely N-dealkylation sites (tertiary alicyclic amines) is 2. The molecule has 0 aromatic heterocycles. The summed E-state index contributed by atoms with van der Waals surface area (Å²) in [5, 5.41) is 3.12. The highest BCUT2D eigenvalue weighted by Gasteiger charge is 2.47. The lowest BCUT2D eigenvalue weighted by molar-refractivity contribution is 0.0580. The largest absolute Gasteiger partial charge is 0.450 e. The van der Waals surface area contributed by atoms with E-state index in [4.69, 9.17) is 4.74 Å². The SMILES string of the molecule is CCOC(=O)N1CCC(N2CCC3(CC2)CN(C(=O)NCc2ccccc2)c2ccccc23)CC1.[HH]. The van der Waals surface area contributed by atoms with Crippen LogP contribution >= 0.6 is 0 Å². The van der Waals surface area contributed by atoms with Gasteiger partial charge < -0.3 is 19.9 Å². The van der Waals surface area contributed by atoms with Crippen LogP contribution in [0.1, 0.15) is 45.2 Å². The molecule has 3 aliphatic heterocycles. The van der Waals surface area contributed by atoms with Gasteiger partial charge in [0.05, 0.1) is 6.61 Å². The molecular weight excluding hydrogens is 440 g/mol. The van der Waals surface area contributed by atoms with E-state index in [1.54, 1.807) is 0 Å². The molecule has 5 rings (SSSR count). The number of rotatable bonds is 4. The minimum Gasteiger partial charge on any atom is -0.450 e. The molecule has 3 amide bonds. The van der Waals surface area contributed by atoms with Crippen LogP contribution in [0.5, 0.6) is 0 Å². The number of benzene rings is 2. The van der Waals surface area contributed by atoms with Crippen LogP contribution in [0.25, 0.3) is 0 Å². The number of para-hydroxylation sites is 1. The quantitative estimate of drug-likeness (QED) is 0.697. The van der Waals surface area contributed by atoms with Gasteiger partial charge in [-0.15, -0.1) is 0 Å². The lowest BCUT2D eigenvalue weighted by atomic mass is 9.74. The van der Waals surface area contributed by atoms with Crippen molar-refractivity contribution in [2.75, 3.05) is 44.2 Å². The van der Waals surface area contributed by atoms with Crippen LogP contribution in [-0.2, 0) is 16.7 Å². The van der Waals surface area contributed by atoms with Crippen LogP contribution in [0.3, 0.4) is 0 Å². The van der Waals surface area contributed by atoms with Gasteiger partial charge in [0.2, 0.25) is 0 Å². The predicted molar refractivity (Wildman–Crippen MR) is 139 cm³/mol. The molecule has 0 aliphatic carbocycles. The van der Waals surface area contributed by atoms with Crippen molar-refractivity contribution in [2.45, 2.75) is 50.6 Å². The first kappa shape index (κ1) is 23.7. The zero-order chi connectivity index (χ0) is 24.3. The van der Waals surface area contributed by atoms with Gasteiger partial charge in [-0.2, -0.15) is 0 Å². The molecule has 188 valence electrons. The molecule has 7 nitrogen and oxygen atoms in total. The maximum Gasteiger partial charge on any atom is 0.409 e. The molecule has 0 saturated carbocycles. The second-order valence-electron chi connectivity index (χ2n) is 9.98. The number of anilines is 1. The van der Waals surface area contributed by atoms with Gasteiger partial charge in [0, 0.05) is 44.7 Å². The number of carbonyl (C=O) groups is 2. The minimum atomic E-state index is -0.184. The van der Waals surface area contributed by atoms with Gasteiger partial charge in [0.15, 0.2) is 0 Å². The summed E-state index contributed by atoms with van der Waals surface area (Å²) in [6.07, 6.45) is 3.90. The Morgan fingerprint density at radius 2 is 1.69 bits per heavy atom. The van der Waals surface area contributed by atoms with Gasteiger partial charge in [-0.3, -0.25) is 4.90 Å². The van der Waals surface area contributed by atoms with Crippen molar-refractivity contribution in [1.82, 2.24) is 15.1 Å². The maximum atomic E-state index is 13.2. The first-order chi connectivity index (χ1) is 17.1. The molecule has 0 atom stereocenters. The zero-order valence-electron chi connectivity index (χ0n) is 20.6. The fraction of sp³-hybridized carbons (Fsp3) is 0.500. The molecule has 2 aromatic rings. The van der Waals surface area contributed by atoms with E-state index in [2.05, 4.69) is 28.4 Å². The van der Waals surface area contributed by atoms with Crippen LogP contribution in [-0.4, -0.2) is 67.3 Å². The smallest absolute Gasteiger partial charge is 0.409 e. The Hall–Kier alpha value is -3.06. The van der Waals surface area contributed by atoms with E-state index in [1.165, 1.54) is 5.56 Å². The van der Waals surface area contributed by atoms with Gasteiger partial charge in [0.1, 0.15) is 0 Å². The van der Waals surface area contributed by atoms with Gasteiger partial charge in [-0.05, 0) is 62.9 Å². The Bertz CT molecular complexity index is 1030. The van der Waals surface area contributed by atoms with Crippen molar-refractivity contribution in [3.05, 3.63) is 65.7 Å². The number of ether oxygens (including phenoxy) is 1. The first-order valence-corrected chi connectivity index (χ1v) is 12.9. The fourth-order valence-electron chi connectivity index (χ4n) is 6.05. The fourth-order valence-corrected chi connectivity index (χ4v) is 6.05. The number of fused-ring (bicyclic) bond motifs is 2. The van der Waals surface area contributed by atoms with Crippen LogP contribution in [0.2, 0.25) is 0 Å². The summed E-state index contributed by atoms with van der Waals surface area (Å²) in [7, 11) is 0. The summed E-state index contributed by atoms with van der Waals surface area (Å²) in [5.74, 6) is 0. The average molecular weight is 479 g/mol. The van der Waals surface area contributed by atoms with Crippen molar-refractivity contribution < 1.29 is 15.8 Å². The molecule has 2 saturated heterocycles. The third-order valence-electron chi connectivity index (χ3n) is 8.02. The van der Waals surface area contributed by atoms with Crippen molar-refractivity contribution in [2.24, 2.45) is 0 Å². The highest BCUT2D eigenvalue weighted by Crippen LogP contribution is 2.47. The summed E-state index contributed by atoms with van der Waals surface area (Å²) in [6.45, 7) is 7.13. The van der Waals surface area contributed by atoms with Gasteiger partial charge in [-0.1, -0.05) is 48.5 Å². The number of hydrogen-bond donors (Lipinski definition) is 1. The minimum absolute atomic E-state index is 0. The topological polar surface area (TPSA) is 65.1 Å². The normalized spacial score (nSPS) is 20.0. The monoisotopic (exact) mass is 478 g/mol. The number of urea groups is 1. The molecule has 0 unspecified atom stereocenters. The average Bonchev–Trinajstić information content (AvgIpc) is 3.22. The lowest BCUT2D eigenvalue weighted by Gasteiger charge is -2.45. The van der Waals surface area contributed by atoms with E-state index in [9.17, 15) is 9.59 Å². The van der Waals surface area contributed by atoms with Crippen LogP contribution in [0.4, 0.5) is 15.3 Å². The first-order valence-electron chi connectivity index (χ1n) is 12.9. The Balaban J connectivity index is 0.00000304. The number of carbonyl (C=O) groups excluding carboxylic acids is 2. The summed E-state index contributed by atoms with van der Waals surface area (Å²) in [4.78, 5) is 31.6. The Morgan fingerprint density at radius 1 is 1.00 bits per heavy atom. The van der Waals surface area contributed by atoms with E-state index in [-0.39, 0.29) is 19.0 Å². The molecule has 2 aromatic carbocycles. The highest BCUT2D eigenvalue weighted by atomic mass is 16.6.